The molecule has 3 nitrogen and oxygen atoms in total. The molecular formula is C13H8ClF2NO2. The van der Waals surface area contributed by atoms with E-state index in [2.05, 4.69) is 5.32 Å². The Labute approximate surface area is 112 Å². The molecule has 0 fully saturated rings. The van der Waals surface area contributed by atoms with Crippen molar-refractivity contribution in [3.8, 4) is 5.75 Å². The van der Waals surface area contributed by atoms with Gasteiger partial charge in [-0.3, -0.25) is 4.79 Å². The highest BCUT2D eigenvalue weighted by molar-refractivity contribution is 6.34. The first-order valence-corrected chi connectivity index (χ1v) is 5.61. The smallest absolute Gasteiger partial charge is 0.261 e. The number of halogens is 3. The molecule has 0 aromatic heterocycles. The van der Waals surface area contributed by atoms with E-state index in [9.17, 15) is 18.7 Å². The summed E-state index contributed by atoms with van der Waals surface area (Å²) in [7, 11) is 0. The molecule has 2 N–H and O–H groups in total. The van der Waals surface area contributed by atoms with Crippen molar-refractivity contribution >= 4 is 23.2 Å². The van der Waals surface area contributed by atoms with Crippen LogP contribution in [0.5, 0.6) is 5.75 Å². The summed E-state index contributed by atoms with van der Waals surface area (Å²) in [5, 5.41) is 11.8. The number of phenolic OH excluding ortho intramolecular Hbond substituents is 1. The minimum absolute atomic E-state index is 0.0603. The molecule has 0 unspecified atom stereocenters. The van der Waals surface area contributed by atoms with Crippen LogP contribution in [-0.2, 0) is 0 Å². The molecule has 0 saturated heterocycles. The minimum atomic E-state index is -1.03. The number of phenols is 1. The van der Waals surface area contributed by atoms with E-state index in [0.29, 0.717) is 0 Å². The molecule has 6 heteroatoms. The Kier molecular flexibility index (Phi) is 3.66. The maximum atomic E-state index is 13.4. The molecule has 1 amide bonds. The quantitative estimate of drug-likeness (QED) is 0.828. The monoisotopic (exact) mass is 283 g/mol. The maximum Gasteiger partial charge on any atom is 0.261 e. The van der Waals surface area contributed by atoms with Gasteiger partial charge in [0.05, 0.1) is 5.02 Å². The van der Waals surface area contributed by atoms with Crippen LogP contribution in [0.4, 0.5) is 14.5 Å². The number of aromatic hydroxyl groups is 1. The molecule has 0 bridgehead atoms. The van der Waals surface area contributed by atoms with Gasteiger partial charge in [-0.25, -0.2) is 8.78 Å². The highest BCUT2D eigenvalue weighted by atomic mass is 35.5. The van der Waals surface area contributed by atoms with Crippen LogP contribution in [0.3, 0.4) is 0 Å². The van der Waals surface area contributed by atoms with E-state index in [1.54, 1.807) is 0 Å². The van der Waals surface area contributed by atoms with Gasteiger partial charge in [0.15, 0.2) is 0 Å². The predicted molar refractivity (Wildman–Crippen MR) is 67.4 cm³/mol. The van der Waals surface area contributed by atoms with Crippen molar-refractivity contribution in [2.45, 2.75) is 0 Å². The van der Waals surface area contributed by atoms with Crippen molar-refractivity contribution in [1.82, 2.24) is 0 Å². The van der Waals surface area contributed by atoms with Crippen molar-refractivity contribution in [1.29, 1.82) is 0 Å². The first-order chi connectivity index (χ1) is 9.00. The number of hydrogen-bond acceptors (Lipinski definition) is 2. The number of hydrogen-bond donors (Lipinski definition) is 2. The summed E-state index contributed by atoms with van der Waals surface area (Å²) < 4.78 is 26.8. The SMILES string of the molecule is O=C(Nc1c(O)cccc1Cl)c1c(F)cccc1F. The van der Waals surface area contributed by atoms with Crippen LogP contribution in [0.15, 0.2) is 36.4 Å². The van der Waals surface area contributed by atoms with Gasteiger partial charge in [-0.15, -0.1) is 0 Å². The molecule has 0 saturated carbocycles. The van der Waals surface area contributed by atoms with E-state index in [4.69, 9.17) is 11.6 Å². The minimum Gasteiger partial charge on any atom is -0.506 e. The molecule has 2 aromatic carbocycles. The fraction of sp³-hybridized carbons (Fsp3) is 0. The summed E-state index contributed by atoms with van der Waals surface area (Å²) in [6.07, 6.45) is 0. The second kappa shape index (κ2) is 5.24. The van der Waals surface area contributed by atoms with Gasteiger partial charge in [-0.1, -0.05) is 23.7 Å². The maximum absolute atomic E-state index is 13.4. The van der Waals surface area contributed by atoms with Crippen molar-refractivity contribution in [2.75, 3.05) is 5.32 Å². The lowest BCUT2D eigenvalue weighted by molar-refractivity contribution is 0.101. The lowest BCUT2D eigenvalue weighted by Crippen LogP contribution is -2.16. The van der Waals surface area contributed by atoms with Gasteiger partial charge in [0.2, 0.25) is 0 Å². The topological polar surface area (TPSA) is 49.3 Å². The van der Waals surface area contributed by atoms with E-state index >= 15 is 0 Å². The Morgan fingerprint density at radius 1 is 1.11 bits per heavy atom. The van der Waals surface area contributed by atoms with Gasteiger partial charge in [0.1, 0.15) is 28.6 Å². The zero-order valence-electron chi connectivity index (χ0n) is 9.45. The third-order valence-corrected chi connectivity index (χ3v) is 2.73. The zero-order valence-corrected chi connectivity index (χ0v) is 10.2. The molecule has 0 radical (unpaired) electrons. The molecule has 0 aliphatic heterocycles. The fourth-order valence-electron chi connectivity index (χ4n) is 1.53. The summed E-state index contributed by atoms with van der Waals surface area (Å²) in [6.45, 7) is 0. The van der Waals surface area contributed by atoms with Gasteiger partial charge >= 0.3 is 0 Å². The highest BCUT2D eigenvalue weighted by Gasteiger charge is 2.19. The lowest BCUT2D eigenvalue weighted by Gasteiger charge is -2.10. The Bertz CT molecular complexity index is 606. The number of carbonyl (C=O) groups is 1. The molecular weight excluding hydrogens is 276 g/mol. The highest BCUT2D eigenvalue weighted by Crippen LogP contribution is 2.31. The molecule has 98 valence electrons. The van der Waals surface area contributed by atoms with Gasteiger partial charge in [-0.05, 0) is 24.3 Å². The molecule has 2 rings (SSSR count). The Balaban J connectivity index is 2.37. The normalized spacial score (nSPS) is 10.3. The number of anilines is 1. The number of benzene rings is 2. The molecule has 0 spiro atoms. The standard InChI is InChI=1S/C13H8ClF2NO2/c14-7-3-1-6-10(18)12(7)17-13(19)11-8(15)4-2-5-9(11)16/h1-6,18H,(H,17,19). The molecule has 0 aliphatic carbocycles. The predicted octanol–water partition coefficient (Wildman–Crippen LogP) is 3.58. The largest absolute Gasteiger partial charge is 0.506 e. The number of para-hydroxylation sites is 1. The summed E-state index contributed by atoms with van der Waals surface area (Å²) in [5.74, 6) is -3.32. The van der Waals surface area contributed by atoms with E-state index < -0.39 is 23.1 Å². The van der Waals surface area contributed by atoms with Crippen LogP contribution in [0.1, 0.15) is 10.4 Å². The van der Waals surface area contributed by atoms with Crippen molar-refractivity contribution in [3.05, 3.63) is 58.6 Å². The van der Waals surface area contributed by atoms with Crippen LogP contribution in [0.25, 0.3) is 0 Å². The van der Waals surface area contributed by atoms with Crippen molar-refractivity contribution < 1.29 is 18.7 Å². The van der Waals surface area contributed by atoms with Crippen molar-refractivity contribution in [2.24, 2.45) is 0 Å². The Morgan fingerprint density at radius 3 is 2.26 bits per heavy atom. The molecule has 0 heterocycles. The average molecular weight is 284 g/mol. The summed E-state index contributed by atoms with van der Waals surface area (Å²) >= 11 is 5.78. The third-order valence-electron chi connectivity index (χ3n) is 2.42. The molecule has 19 heavy (non-hydrogen) atoms. The number of amides is 1. The van der Waals surface area contributed by atoms with Crippen LogP contribution >= 0.6 is 11.6 Å². The number of carbonyl (C=O) groups excluding carboxylic acids is 1. The lowest BCUT2D eigenvalue weighted by atomic mass is 10.1. The first kappa shape index (κ1) is 13.3. The van der Waals surface area contributed by atoms with Crippen molar-refractivity contribution in [3.63, 3.8) is 0 Å². The summed E-state index contributed by atoms with van der Waals surface area (Å²) in [5.41, 5.74) is -0.835. The third kappa shape index (κ3) is 2.66. The van der Waals surface area contributed by atoms with Gasteiger partial charge in [0, 0.05) is 0 Å². The Morgan fingerprint density at radius 2 is 1.68 bits per heavy atom. The molecule has 0 atom stereocenters. The number of nitrogens with one attached hydrogen (secondary N) is 1. The summed E-state index contributed by atoms with van der Waals surface area (Å²) in [6, 6.07) is 7.26. The number of rotatable bonds is 2. The van der Waals surface area contributed by atoms with Gasteiger partial charge in [-0.2, -0.15) is 0 Å². The fourth-order valence-corrected chi connectivity index (χ4v) is 1.74. The van der Waals surface area contributed by atoms with Gasteiger partial charge in [0.25, 0.3) is 5.91 Å². The van der Waals surface area contributed by atoms with Crippen LogP contribution in [-0.4, -0.2) is 11.0 Å². The second-order valence-corrected chi connectivity index (χ2v) is 4.09. The summed E-state index contributed by atoms with van der Waals surface area (Å²) in [4.78, 5) is 11.8. The van der Waals surface area contributed by atoms with Crippen LogP contribution < -0.4 is 5.32 Å². The van der Waals surface area contributed by atoms with Gasteiger partial charge < -0.3 is 10.4 Å². The second-order valence-electron chi connectivity index (χ2n) is 3.68. The van der Waals surface area contributed by atoms with E-state index in [0.717, 1.165) is 18.2 Å². The van der Waals surface area contributed by atoms with Crippen LogP contribution in [0.2, 0.25) is 5.02 Å². The molecule has 2 aromatic rings. The zero-order chi connectivity index (χ0) is 14.0. The van der Waals surface area contributed by atoms with E-state index in [1.807, 2.05) is 0 Å². The van der Waals surface area contributed by atoms with Crippen LogP contribution in [0, 0.1) is 11.6 Å². The Hall–Kier alpha value is -2.14. The first-order valence-electron chi connectivity index (χ1n) is 5.23. The average Bonchev–Trinajstić information content (AvgIpc) is 2.34. The van der Waals surface area contributed by atoms with E-state index in [1.165, 1.54) is 18.2 Å². The van der Waals surface area contributed by atoms with E-state index in [-0.39, 0.29) is 16.5 Å². The molecule has 0 aliphatic rings.